The van der Waals surface area contributed by atoms with Crippen LogP contribution in [0, 0.1) is 12.3 Å². The Hall–Kier alpha value is -2.29. The third-order valence-electron chi connectivity index (χ3n) is 3.69. The number of rotatable bonds is 2. The molecular formula is C16H17N3. The van der Waals surface area contributed by atoms with E-state index in [2.05, 4.69) is 42.2 Å². The van der Waals surface area contributed by atoms with Crippen LogP contribution in [0.15, 0.2) is 42.5 Å². The van der Waals surface area contributed by atoms with Crippen LogP contribution in [-0.4, -0.2) is 12.4 Å². The van der Waals surface area contributed by atoms with Crippen LogP contribution in [0.5, 0.6) is 0 Å². The zero-order valence-electron chi connectivity index (χ0n) is 11.0. The zero-order chi connectivity index (χ0) is 13.4. The van der Waals surface area contributed by atoms with Crippen LogP contribution >= 0.6 is 0 Å². The van der Waals surface area contributed by atoms with Gasteiger partial charge in [-0.1, -0.05) is 18.2 Å². The molecule has 96 valence electrons. The minimum Gasteiger partial charge on any atom is -0.384 e. The van der Waals surface area contributed by atoms with E-state index in [1.807, 2.05) is 12.1 Å². The molecule has 1 heterocycles. The van der Waals surface area contributed by atoms with Crippen molar-refractivity contribution in [1.82, 2.24) is 0 Å². The second kappa shape index (κ2) is 4.43. The van der Waals surface area contributed by atoms with Crippen molar-refractivity contribution in [3.63, 3.8) is 0 Å². The van der Waals surface area contributed by atoms with Crippen molar-refractivity contribution in [2.45, 2.75) is 13.3 Å². The molecular weight excluding hydrogens is 234 g/mol. The second-order valence-corrected chi connectivity index (χ2v) is 4.95. The Morgan fingerprint density at radius 3 is 2.68 bits per heavy atom. The minimum atomic E-state index is 0.122. The summed E-state index contributed by atoms with van der Waals surface area (Å²) >= 11 is 0. The van der Waals surface area contributed by atoms with Crippen molar-refractivity contribution in [2.24, 2.45) is 5.73 Å². The van der Waals surface area contributed by atoms with Gasteiger partial charge in [0.25, 0.3) is 0 Å². The number of nitrogens with one attached hydrogen (secondary N) is 1. The van der Waals surface area contributed by atoms with Crippen molar-refractivity contribution in [2.75, 3.05) is 11.4 Å². The third-order valence-corrected chi connectivity index (χ3v) is 3.69. The fourth-order valence-electron chi connectivity index (χ4n) is 2.71. The molecule has 0 saturated carbocycles. The van der Waals surface area contributed by atoms with Gasteiger partial charge in [0.2, 0.25) is 0 Å². The lowest BCUT2D eigenvalue weighted by atomic mass is 10.1. The highest BCUT2D eigenvalue weighted by atomic mass is 15.2. The average molecular weight is 251 g/mol. The van der Waals surface area contributed by atoms with Crippen LogP contribution < -0.4 is 10.6 Å². The van der Waals surface area contributed by atoms with Gasteiger partial charge in [0.05, 0.1) is 0 Å². The number of nitrogens with zero attached hydrogens (tertiary/aromatic N) is 1. The topological polar surface area (TPSA) is 53.1 Å². The highest BCUT2D eigenvalue weighted by molar-refractivity contribution is 5.95. The lowest BCUT2D eigenvalue weighted by Gasteiger charge is -2.22. The summed E-state index contributed by atoms with van der Waals surface area (Å²) < 4.78 is 0. The van der Waals surface area contributed by atoms with Crippen LogP contribution in [0.4, 0.5) is 11.4 Å². The van der Waals surface area contributed by atoms with Crippen LogP contribution in [0.3, 0.4) is 0 Å². The Morgan fingerprint density at radius 1 is 1.16 bits per heavy atom. The lowest BCUT2D eigenvalue weighted by molar-refractivity contribution is 0.992. The van der Waals surface area contributed by atoms with Crippen LogP contribution in [-0.2, 0) is 6.42 Å². The molecule has 2 aromatic rings. The lowest BCUT2D eigenvalue weighted by Crippen LogP contribution is -2.16. The van der Waals surface area contributed by atoms with Gasteiger partial charge < -0.3 is 10.6 Å². The van der Waals surface area contributed by atoms with Gasteiger partial charge >= 0.3 is 0 Å². The quantitative estimate of drug-likeness (QED) is 0.637. The molecule has 0 radical (unpaired) electrons. The molecule has 0 unspecified atom stereocenters. The molecule has 1 aliphatic heterocycles. The molecule has 2 aromatic carbocycles. The summed E-state index contributed by atoms with van der Waals surface area (Å²) in [5, 5.41) is 7.49. The summed E-state index contributed by atoms with van der Waals surface area (Å²) in [6.07, 6.45) is 1.09. The highest BCUT2D eigenvalue weighted by Gasteiger charge is 2.20. The van der Waals surface area contributed by atoms with Gasteiger partial charge in [-0.15, -0.1) is 0 Å². The van der Waals surface area contributed by atoms with Gasteiger partial charge in [-0.05, 0) is 48.7 Å². The molecule has 19 heavy (non-hydrogen) atoms. The van der Waals surface area contributed by atoms with Crippen molar-refractivity contribution in [1.29, 1.82) is 5.41 Å². The smallest absolute Gasteiger partial charge is 0.122 e. The average Bonchev–Trinajstić information content (AvgIpc) is 2.82. The molecule has 3 heteroatoms. The largest absolute Gasteiger partial charge is 0.384 e. The van der Waals surface area contributed by atoms with E-state index in [4.69, 9.17) is 11.1 Å². The number of nitrogens with two attached hydrogens (primary N) is 1. The maximum absolute atomic E-state index is 7.49. The molecule has 3 rings (SSSR count). The van der Waals surface area contributed by atoms with E-state index in [9.17, 15) is 0 Å². The van der Waals surface area contributed by atoms with E-state index in [0.29, 0.717) is 0 Å². The SMILES string of the molecule is Cc1cc(C(=N)N)ccc1N1CCc2ccccc21. The number of aryl methyl sites for hydroxylation is 1. The third kappa shape index (κ3) is 1.97. The van der Waals surface area contributed by atoms with Gasteiger partial charge in [-0.25, -0.2) is 0 Å². The minimum absolute atomic E-state index is 0.122. The molecule has 0 aromatic heterocycles. The van der Waals surface area contributed by atoms with Gasteiger partial charge in [0, 0.05) is 23.5 Å². The van der Waals surface area contributed by atoms with Crippen LogP contribution in [0.1, 0.15) is 16.7 Å². The maximum atomic E-state index is 7.49. The summed E-state index contributed by atoms with van der Waals surface area (Å²) in [5.41, 5.74) is 11.4. The summed E-state index contributed by atoms with van der Waals surface area (Å²) in [5.74, 6) is 0.122. The van der Waals surface area contributed by atoms with Crippen molar-refractivity contribution >= 4 is 17.2 Å². The highest BCUT2D eigenvalue weighted by Crippen LogP contribution is 2.36. The fourth-order valence-corrected chi connectivity index (χ4v) is 2.71. The standard InChI is InChI=1S/C16H17N3/c1-11-10-13(16(17)18)6-7-14(11)19-9-8-12-4-2-3-5-15(12)19/h2-7,10H,8-9H2,1H3,(H3,17,18). The number of para-hydroxylation sites is 1. The van der Waals surface area contributed by atoms with Gasteiger partial charge in [0.15, 0.2) is 0 Å². The first-order valence-corrected chi connectivity index (χ1v) is 6.47. The molecule has 3 nitrogen and oxygen atoms in total. The Kier molecular flexibility index (Phi) is 2.75. The normalized spacial score (nSPS) is 13.4. The monoisotopic (exact) mass is 251 g/mol. The van der Waals surface area contributed by atoms with E-state index >= 15 is 0 Å². The second-order valence-electron chi connectivity index (χ2n) is 4.95. The van der Waals surface area contributed by atoms with E-state index < -0.39 is 0 Å². The molecule has 3 N–H and O–H groups in total. The van der Waals surface area contributed by atoms with E-state index in [1.54, 1.807) is 0 Å². The zero-order valence-corrected chi connectivity index (χ0v) is 11.0. The molecule has 0 fully saturated rings. The van der Waals surface area contributed by atoms with E-state index in [0.717, 1.165) is 24.1 Å². The first-order chi connectivity index (χ1) is 9.16. The number of amidine groups is 1. The van der Waals surface area contributed by atoms with E-state index in [-0.39, 0.29) is 5.84 Å². The number of nitrogen functional groups attached to an aromatic ring is 1. The van der Waals surface area contributed by atoms with Crippen molar-refractivity contribution in [3.8, 4) is 0 Å². The number of benzene rings is 2. The van der Waals surface area contributed by atoms with E-state index in [1.165, 1.54) is 16.9 Å². The Balaban J connectivity index is 2.03. The predicted molar refractivity (Wildman–Crippen MR) is 79.3 cm³/mol. The summed E-state index contributed by atoms with van der Waals surface area (Å²) in [6.45, 7) is 3.09. The molecule has 0 aliphatic carbocycles. The van der Waals surface area contributed by atoms with Gasteiger partial charge in [-0.3, -0.25) is 5.41 Å². The molecule has 0 bridgehead atoms. The Labute approximate surface area is 113 Å². The first-order valence-electron chi connectivity index (χ1n) is 6.47. The van der Waals surface area contributed by atoms with Crippen LogP contribution in [0.25, 0.3) is 0 Å². The Morgan fingerprint density at radius 2 is 1.95 bits per heavy atom. The summed E-state index contributed by atoms with van der Waals surface area (Å²) in [6, 6.07) is 14.5. The first kappa shape index (κ1) is 11.8. The predicted octanol–water partition coefficient (Wildman–Crippen LogP) is 2.97. The maximum Gasteiger partial charge on any atom is 0.122 e. The number of anilines is 2. The number of hydrogen-bond acceptors (Lipinski definition) is 2. The number of hydrogen-bond donors (Lipinski definition) is 2. The van der Waals surface area contributed by atoms with Crippen LogP contribution in [0.2, 0.25) is 0 Å². The number of fused-ring (bicyclic) bond motifs is 1. The molecule has 0 spiro atoms. The van der Waals surface area contributed by atoms with Gasteiger partial charge in [-0.2, -0.15) is 0 Å². The molecule has 0 amide bonds. The van der Waals surface area contributed by atoms with Crippen molar-refractivity contribution < 1.29 is 0 Å². The summed E-state index contributed by atoms with van der Waals surface area (Å²) in [7, 11) is 0. The molecule has 0 saturated heterocycles. The fraction of sp³-hybridized carbons (Fsp3) is 0.188. The van der Waals surface area contributed by atoms with Crippen molar-refractivity contribution in [3.05, 3.63) is 59.2 Å². The van der Waals surface area contributed by atoms with Gasteiger partial charge in [0.1, 0.15) is 5.84 Å². The summed E-state index contributed by atoms with van der Waals surface area (Å²) in [4.78, 5) is 2.34. The Bertz CT molecular complexity index is 646. The molecule has 1 aliphatic rings. The molecule has 0 atom stereocenters.